The van der Waals surface area contributed by atoms with Crippen LogP contribution in [-0.4, -0.2) is 53.7 Å². The van der Waals surface area contributed by atoms with Crippen LogP contribution in [0.4, 0.5) is 0 Å². The molecule has 1 atom stereocenters. The van der Waals surface area contributed by atoms with Crippen molar-refractivity contribution in [2.45, 2.75) is 78.3 Å². The van der Waals surface area contributed by atoms with E-state index in [1.165, 1.54) is 38.8 Å². The molecule has 2 heterocycles. The Morgan fingerprint density at radius 3 is 2.29 bits per heavy atom. The van der Waals surface area contributed by atoms with Gasteiger partial charge in [0.2, 0.25) is 5.89 Å². The van der Waals surface area contributed by atoms with Gasteiger partial charge in [-0.25, -0.2) is 0 Å². The topological polar surface area (TPSA) is 78.6 Å². The molecule has 8 heteroatoms. The van der Waals surface area contributed by atoms with E-state index in [1.807, 2.05) is 0 Å². The van der Waals surface area contributed by atoms with E-state index in [1.54, 1.807) is 7.05 Å². The number of halogens is 1. The second-order valence-corrected chi connectivity index (χ2v) is 8.83. The first kappa shape index (κ1) is 25.1. The molecule has 0 aromatic carbocycles. The Labute approximate surface area is 187 Å². The van der Waals surface area contributed by atoms with Gasteiger partial charge in [0.25, 0.3) is 0 Å². The zero-order valence-corrected chi connectivity index (χ0v) is 20.7. The molecule has 2 N–H and O–H groups in total. The number of aliphatic imine (C=N–C) groups is 1. The van der Waals surface area contributed by atoms with Gasteiger partial charge in [-0.15, -0.1) is 24.0 Å². The summed E-state index contributed by atoms with van der Waals surface area (Å²) in [6.45, 7) is 14.6. The lowest BCUT2D eigenvalue weighted by Crippen LogP contribution is -2.49. The maximum Gasteiger partial charge on any atom is 0.232 e. The molecule has 0 bridgehead atoms. The van der Waals surface area contributed by atoms with Gasteiger partial charge in [0, 0.05) is 25.0 Å². The lowest BCUT2D eigenvalue weighted by Gasteiger charge is -2.34. The van der Waals surface area contributed by atoms with Crippen molar-refractivity contribution >= 4 is 29.9 Å². The van der Waals surface area contributed by atoms with Crippen LogP contribution in [0.3, 0.4) is 0 Å². The number of hydrogen-bond acceptors (Lipinski definition) is 5. The zero-order chi connectivity index (χ0) is 19.9. The normalized spacial score (nSPS) is 17.8. The minimum Gasteiger partial charge on any atom is -0.355 e. The summed E-state index contributed by atoms with van der Waals surface area (Å²) in [5.41, 5.74) is -0.136. The van der Waals surface area contributed by atoms with Crippen molar-refractivity contribution in [1.82, 2.24) is 25.7 Å². The van der Waals surface area contributed by atoms with Gasteiger partial charge in [0.1, 0.15) is 0 Å². The third kappa shape index (κ3) is 7.85. The first-order chi connectivity index (χ1) is 12.8. The third-order valence-electron chi connectivity index (χ3n) is 5.11. The van der Waals surface area contributed by atoms with Gasteiger partial charge in [0.05, 0.1) is 6.54 Å². The summed E-state index contributed by atoms with van der Waals surface area (Å²) in [5, 5.41) is 10.8. The number of guanidine groups is 1. The number of hydrogen-bond donors (Lipinski definition) is 2. The van der Waals surface area contributed by atoms with Crippen LogP contribution in [0.25, 0.3) is 0 Å². The Bertz CT molecular complexity index is 588. The van der Waals surface area contributed by atoms with Gasteiger partial charge in [-0.05, 0) is 31.8 Å². The fourth-order valence-corrected chi connectivity index (χ4v) is 3.43. The highest BCUT2D eigenvalue weighted by Crippen LogP contribution is 2.19. The third-order valence-corrected chi connectivity index (χ3v) is 5.11. The average molecular weight is 506 g/mol. The molecule has 1 saturated heterocycles. The number of aromatic nitrogens is 2. The van der Waals surface area contributed by atoms with E-state index in [0.717, 1.165) is 12.5 Å². The Kier molecular flexibility index (Phi) is 10.7. The molecular formula is C20H39IN6O. The molecule has 1 unspecified atom stereocenters. The highest BCUT2D eigenvalue weighted by atomic mass is 127. The first-order valence-electron chi connectivity index (χ1n) is 10.3. The monoisotopic (exact) mass is 506 g/mol. The molecule has 1 aromatic heterocycles. The van der Waals surface area contributed by atoms with Crippen molar-refractivity contribution in [2.24, 2.45) is 10.9 Å². The van der Waals surface area contributed by atoms with Gasteiger partial charge in [-0.2, -0.15) is 4.98 Å². The Hall–Kier alpha value is -0.900. The van der Waals surface area contributed by atoms with E-state index < -0.39 is 0 Å². The predicted molar refractivity (Wildman–Crippen MR) is 125 cm³/mol. The molecule has 0 aliphatic carbocycles. The summed E-state index contributed by atoms with van der Waals surface area (Å²) in [6, 6.07) is 0.513. The van der Waals surface area contributed by atoms with Gasteiger partial charge < -0.3 is 15.2 Å². The summed E-state index contributed by atoms with van der Waals surface area (Å²) < 4.78 is 5.35. The summed E-state index contributed by atoms with van der Waals surface area (Å²) in [4.78, 5) is 11.5. The summed E-state index contributed by atoms with van der Waals surface area (Å²) >= 11 is 0. The molecule has 0 amide bonds. The van der Waals surface area contributed by atoms with Gasteiger partial charge in [-0.3, -0.25) is 9.89 Å². The van der Waals surface area contributed by atoms with E-state index in [2.05, 4.69) is 65.3 Å². The number of rotatable bonds is 6. The van der Waals surface area contributed by atoms with Crippen molar-refractivity contribution in [3.8, 4) is 0 Å². The summed E-state index contributed by atoms with van der Waals surface area (Å²) in [7, 11) is 1.79. The molecule has 162 valence electrons. The van der Waals surface area contributed by atoms with E-state index >= 15 is 0 Å². The van der Waals surface area contributed by atoms with Crippen LogP contribution in [0.5, 0.6) is 0 Å². The van der Waals surface area contributed by atoms with Crippen LogP contribution in [0.2, 0.25) is 0 Å². The Balaban J connectivity index is 0.00000392. The first-order valence-corrected chi connectivity index (χ1v) is 10.3. The summed E-state index contributed by atoms with van der Waals surface area (Å²) in [6.07, 6.45) is 5.34. The van der Waals surface area contributed by atoms with Crippen LogP contribution in [-0.2, 0) is 12.0 Å². The zero-order valence-electron chi connectivity index (χ0n) is 18.4. The van der Waals surface area contributed by atoms with Gasteiger partial charge in [0.15, 0.2) is 11.8 Å². The average Bonchev–Trinajstić information content (AvgIpc) is 2.94. The maximum absolute atomic E-state index is 5.35. The van der Waals surface area contributed by atoms with Gasteiger partial charge in [-0.1, -0.05) is 52.6 Å². The summed E-state index contributed by atoms with van der Waals surface area (Å²) in [5.74, 6) is 2.68. The minimum absolute atomic E-state index is 0. The molecule has 0 radical (unpaired) electrons. The quantitative estimate of drug-likeness (QED) is 0.349. The Morgan fingerprint density at radius 1 is 1.14 bits per heavy atom. The molecule has 1 aliphatic rings. The molecule has 2 rings (SSSR count). The molecule has 1 aliphatic heterocycles. The van der Waals surface area contributed by atoms with E-state index in [0.29, 0.717) is 30.2 Å². The second-order valence-electron chi connectivity index (χ2n) is 8.83. The number of likely N-dealkylation sites (tertiary alicyclic amines) is 1. The van der Waals surface area contributed by atoms with Crippen LogP contribution in [0.1, 0.15) is 72.0 Å². The number of nitrogens with one attached hydrogen (secondary N) is 2. The molecular weight excluding hydrogens is 467 g/mol. The SMILES string of the molecule is CN=C(NCc1noc(C(C)(C)C)n1)NCC(C(C)C)N1CCCCCC1.I. The predicted octanol–water partition coefficient (Wildman–Crippen LogP) is 3.55. The van der Waals surface area contributed by atoms with Crippen molar-refractivity contribution in [1.29, 1.82) is 0 Å². The number of nitrogens with zero attached hydrogens (tertiary/aromatic N) is 4. The maximum atomic E-state index is 5.35. The van der Waals surface area contributed by atoms with Crippen LogP contribution < -0.4 is 10.6 Å². The molecule has 7 nitrogen and oxygen atoms in total. The van der Waals surface area contributed by atoms with E-state index in [-0.39, 0.29) is 29.4 Å². The van der Waals surface area contributed by atoms with Crippen LogP contribution >= 0.6 is 24.0 Å². The van der Waals surface area contributed by atoms with E-state index in [9.17, 15) is 0 Å². The van der Waals surface area contributed by atoms with Crippen LogP contribution in [0, 0.1) is 5.92 Å². The minimum atomic E-state index is -0.136. The molecule has 1 fully saturated rings. The fourth-order valence-electron chi connectivity index (χ4n) is 3.43. The smallest absolute Gasteiger partial charge is 0.232 e. The lowest BCUT2D eigenvalue weighted by atomic mass is 9.97. The lowest BCUT2D eigenvalue weighted by molar-refractivity contribution is 0.161. The van der Waals surface area contributed by atoms with E-state index in [4.69, 9.17) is 4.52 Å². The van der Waals surface area contributed by atoms with Crippen molar-refractivity contribution in [3.05, 3.63) is 11.7 Å². The largest absolute Gasteiger partial charge is 0.355 e. The Morgan fingerprint density at radius 2 is 1.79 bits per heavy atom. The molecule has 0 spiro atoms. The fraction of sp³-hybridized carbons (Fsp3) is 0.850. The van der Waals surface area contributed by atoms with Crippen molar-refractivity contribution < 1.29 is 4.52 Å². The van der Waals surface area contributed by atoms with Crippen molar-refractivity contribution in [3.63, 3.8) is 0 Å². The van der Waals surface area contributed by atoms with Crippen molar-refractivity contribution in [2.75, 3.05) is 26.7 Å². The second kappa shape index (κ2) is 11.9. The molecule has 28 heavy (non-hydrogen) atoms. The highest BCUT2D eigenvalue weighted by Gasteiger charge is 2.23. The van der Waals surface area contributed by atoms with Gasteiger partial charge >= 0.3 is 0 Å². The standard InChI is InChI=1S/C20H38N6O.HI/c1-15(2)16(26-11-9-7-8-10-12-26)13-22-19(21-6)23-14-17-24-18(27-25-17)20(3,4)5;/h15-16H,7-14H2,1-6H3,(H2,21,22,23);1H. The molecule has 0 saturated carbocycles. The molecule has 1 aromatic rings. The highest BCUT2D eigenvalue weighted by molar-refractivity contribution is 14.0. The van der Waals surface area contributed by atoms with Crippen LogP contribution in [0.15, 0.2) is 9.52 Å².